The number of esters is 1. The smallest absolute Gasteiger partial charge is 0.338 e. The lowest BCUT2D eigenvalue weighted by Crippen LogP contribution is -2.28. The first-order valence-corrected chi connectivity index (χ1v) is 8.37. The van der Waals surface area contributed by atoms with Crippen molar-refractivity contribution in [2.45, 2.75) is 32.9 Å². The maximum Gasteiger partial charge on any atom is 0.338 e. The average molecular weight is 354 g/mol. The number of benzene rings is 2. The summed E-state index contributed by atoms with van der Waals surface area (Å²) < 4.78 is 5.27. The molecule has 2 aromatic rings. The van der Waals surface area contributed by atoms with Gasteiger partial charge in [-0.1, -0.05) is 43.3 Å². The molecule has 0 unspecified atom stereocenters. The fourth-order valence-corrected chi connectivity index (χ4v) is 2.37. The number of hydrogen-bond acceptors (Lipinski definition) is 4. The molecule has 2 rings (SSSR count). The normalized spacial score (nSPS) is 11.5. The Morgan fingerprint density at radius 1 is 0.962 bits per heavy atom. The summed E-state index contributed by atoms with van der Waals surface area (Å²) in [5, 5.41) is 2.46. The van der Waals surface area contributed by atoms with Gasteiger partial charge in [-0.3, -0.25) is 4.79 Å². The van der Waals surface area contributed by atoms with E-state index in [-0.39, 0.29) is 12.3 Å². The summed E-state index contributed by atoms with van der Waals surface area (Å²) in [5.74, 6) is -0.825. The van der Waals surface area contributed by atoms with Gasteiger partial charge in [-0.25, -0.2) is 9.59 Å². The largest absolute Gasteiger partial charge is 0.451 e. The van der Waals surface area contributed by atoms with Crippen LogP contribution < -0.4 is 11.1 Å². The van der Waals surface area contributed by atoms with Crippen molar-refractivity contribution in [1.29, 1.82) is 0 Å². The van der Waals surface area contributed by atoms with Gasteiger partial charge in [0, 0.05) is 12.1 Å². The highest BCUT2D eigenvalue weighted by atomic mass is 16.5. The van der Waals surface area contributed by atoms with Crippen molar-refractivity contribution in [1.82, 2.24) is 5.32 Å². The van der Waals surface area contributed by atoms with Crippen LogP contribution in [0.4, 0.5) is 4.79 Å². The van der Waals surface area contributed by atoms with Crippen LogP contribution in [0.5, 0.6) is 0 Å². The molecule has 0 heterocycles. The number of carbonyl (C=O) groups excluding carboxylic acids is 3. The second-order valence-electron chi connectivity index (χ2n) is 5.88. The third-order valence-electron chi connectivity index (χ3n) is 3.96. The van der Waals surface area contributed by atoms with Crippen LogP contribution in [0, 0.1) is 0 Å². The van der Waals surface area contributed by atoms with Gasteiger partial charge in [0.15, 0.2) is 6.10 Å². The molecule has 6 nitrogen and oxygen atoms in total. The van der Waals surface area contributed by atoms with E-state index in [1.54, 1.807) is 43.3 Å². The van der Waals surface area contributed by atoms with Gasteiger partial charge in [0.05, 0.1) is 5.56 Å². The van der Waals surface area contributed by atoms with Crippen LogP contribution in [0.25, 0.3) is 0 Å². The Morgan fingerprint density at radius 3 is 2.04 bits per heavy atom. The molecule has 3 N–H and O–H groups in total. The van der Waals surface area contributed by atoms with Crippen molar-refractivity contribution in [3.05, 3.63) is 70.8 Å². The summed E-state index contributed by atoms with van der Waals surface area (Å²) in [4.78, 5) is 35.3. The fraction of sp³-hybridized carbons (Fsp3) is 0.250. The summed E-state index contributed by atoms with van der Waals surface area (Å²) >= 11 is 0. The molecule has 0 aromatic heterocycles. The first kappa shape index (κ1) is 19.2. The number of ketones is 1. The van der Waals surface area contributed by atoms with Crippen molar-refractivity contribution < 1.29 is 19.1 Å². The number of primary amides is 1. The molecule has 0 bridgehead atoms. The van der Waals surface area contributed by atoms with Crippen molar-refractivity contribution in [2.24, 2.45) is 5.73 Å². The Morgan fingerprint density at radius 2 is 1.50 bits per heavy atom. The number of aryl methyl sites for hydroxylation is 1. The van der Waals surface area contributed by atoms with E-state index in [4.69, 9.17) is 10.5 Å². The molecule has 0 spiro atoms. The topological polar surface area (TPSA) is 98.5 Å². The van der Waals surface area contributed by atoms with E-state index in [1.807, 2.05) is 19.1 Å². The second-order valence-corrected chi connectivity index (χ2v) is 5.88. The van der Waals surface area contributed by atoms with Gasteiger partial charge in [-0.2, -0.15) is 0 Å². The summed E-state index contributed by atoms with van der Waals surface area (Å²) in [6, 6.07) is 13.2. The Bertz CT molecular complexity index is 782. The minimum atomic E-state index is -0.883. The molecular weight excluding hydrogens is 332 g/mol. The molecule has 0 aliphatic heterocycles. The van der Waals surface area contributed by atoms with E-state index in [9.17, 15) is 14.4 Å². The third-order valence-corrected chi connectivity index (χ3v) is 3.96. The van der Waals surface area contributed by atoms with Gasteiger partial charge < -0.3 is 15.8 Å². The predicted molar refractivity (Wildman–Crippen MR) is 97.9 cm³/mol. The van der Waals surface area contributed by atoms with Gasteiger partial charge in [0.1, 0.15) is 0 Å². The second kappa shape index (κ2) is 8.80. The minimum absolute atomic E-state index is 0.247. The number of rotatable bonds is 7. The molecule has 136 valence electrons. The molecule has 0 aliphatic carbocycles. The van der Waals surface area contributed by atoms with E-state index in [2.05, 4.69) is 5.32 Å². The molecule has 0 aliphatic rings. The van der Waals surface area contributed by atoms with Crippen LogP contribution >= 0.6 is 0 Å². The summed E-state index contributed by atoms with van der Waals surface area (Å²) in [7, 11) is 0. The van der Waals surface area contributed by atoms with Gasteiger partial charge in [0.2, 0.25) is 5.78 Å². The highest BCUT2D eigenvalue weighted by molar-refractivity contribution is 6.01. The van der Waals surface area contributed by atoms with E-state index in [1.165, 1.54) is 0 Å². The lowest BCUT2D eigenvalue weighted by molar-refractivity contribution is 0.0319. The number of ether oxygens (including phenoxy) is 1. The molecule has 0 fully saturated rings. The van der Waals surface area contributed by atoms with Crippen molar-refractivity contribution in [2.75, 3.05) is 0 Å². The van der Waals surface area contributed by atoms with Crippen molar-refractivity contribution in [3.63, 3.8) is 0 Å². The SMILES string of the molecule is CCc1ccc(C(=O)[C@H](C)OC(=O)c2ccc(CNC(N)=O)cc2)cc1. The predicted octanol–water partition coefficient (Wildman–Crippen LogP) is 2.85. The van der Waals surface area contributed by atoms with Crippen LogP contribution in [0.1, 0.15) is 45.7 Å². The minimum Gasteiger partial charge on any atom is -0.451 e. The van der Waals surface area contributed by atoms with Crippen LogP contribution in [0.15, 0.2) is 48.5 Å². The van der Waals surface area contributed by atoms with Gasteiger partial charge in [-0.05, 0) is 36.6 Å². The molecule has 0 radical (unpaired) electrons. The molecule has 2 amide bonds. The van der Waals surface area contributed by atoms with Crippen LogP contribution in [0.2, 0.25) is 0 Å². The Balaban J connectivity index is 1.96. The number of amides is 2. The van der Waals surface area contributed by atoms with E-state index in [0.717, 1.165) is 17.5 Å². The monoisotopic (exact) mass is 354 g/mol. The number of urea groups is 1. The lowest BCUT2D eigenvalue weighted by Gasteiger charge is -2.13. The number of carbonyl (C=O) groups is 3. The van der Waals surface area contributed by atoms with E-state index >= 15 is 0 Å². The number of hydrogen-bond donors (Lipinski definition) is 2. The van der Waals surface area contributed by atoms with Gasteiger partial charge in [-0.15, -0.1) is 0 Å². The third kappa shape index (κ3) is 5.17. The molecular formula is C20H22N2O4. The zero-order valence-corrected chi connectivity index (χ0v) is 14.8. The van der Waals surface area contributed by atoms with Crippen molar-refractivity contribution in [3.8, 4) is 0 Å². The van der Waals surface area contributed by atoms with E-state index < -0.39 is 18.1 Å². The zero-order chi connectivity index (χ0) is 19.1. The van der Waals surface area contributed by atoms with Crippen molar-refractivity contribution >= 4 is 17.8 Å². The molecule has 0 saturated heterocycles. The fourth-order valence-electron chi connectivity index (χ4n) is 2.37. The van der Waals surface area contributed by atoms with Gasteiger partial charge >= 0.3 is 12.0 Å². The average Bonchev–Trinajstić information content (AvgIpc) is 2.66. The number of nitrogens with one attached hydrogen (secondary N) is 1. The summed E-state index contributed by atoms with van der Waals surface area (Å²) in [5.41, 5.74) is 7.78. The molecule has 1 atom stereocenters. The molecule has 2 aromatic carbocycles. The lowest BCUT2D eigenvalue weighted by atomic mass is 10.0. The maximum atomic E-state index is 12.4. The van der Waals surface area contributed by atoms with Gasteiger partial charge in [0.25, 0.3) is 0 Å². The number of Topliss-reactive ketones (excluding diaryl/α,β-unsaturated/α-hetero) is 1. The number of nitrogens with two attached hydrogens (primary N) is 1. The Hall–Kier alpha value is -3.15. The molecule has 6 heteroatoms. The molecule has 0 saturated carbocycles. The highest BCUT2D eigenvalue weighted by Gasteiger charge is 2.20. The quantitative estimate of drug-likeness (QED) is 0.590. The van der Waals surface area contributed by atoms with E-state index in [0.29, 0.717) is 11.1 Å². The molecule has 26 heavy (non-hydrogen) atoms. The summed E-state index contributed by atoms with van der Waals surface area (Å²) in [6.07, 6.45) is 0.00966. The first-order chi connectivity index (χ1) is 12.4. The van der Waals surface area contributed by atoms with Crippen LogP contribution in [0.3, 0.4) is 0 Å². The first-order valence-electron chi connectivity index (χ1n) is 8.37. The Kier molecular flexibility index (Phi) is 6.49. The van der Waals surface area contributed by atoms with Crippen LogP contribution in [-0.2, 0) is 17.7 Å². The standard InChI is InChI=1S/C20H22N2O4/c1-3-14-4-8-16(9-5-14)18(23)13(2)26-19(24)17-10-6-15(7-11-17)12-22-20(21)25/h4-11,13H,3,12H2,1-2H3,(H3,21,22,25)/t13-/m0/s1. The maximum absolute atomic E-state index is 12.4. The zero-order valence-electron chi connectivity index (χ0n) is 14.8. The highest BCUT2D eigenvalue weighted by Crippen LogP contribution is 2.12. The Labute approximate surface area is 152 Å². The summed E-state index contributed by atoms with van der Waals surface area (Å²) in [6.45, 7) is 3.86. The van der Waals surface area contributed by atoms with Crippen LogP contribution in [-0.4, -0.2) is 23.9 Å².